The molecule has 3 aromatic rings. The number of carbonyl (C=O) groups is 1. The summed E-state index contributed by atoms with van der Waals surface area (Å²) in [5, 5.41) is 13.5. The van der Waals surface area contributed by atoms with Crippen LogP contribution in [0.1, 0.15) is 15.9 Å². The van der Waals surface area contributed by atoms with Gasteiger partial charge in [-0.15, -0.1) is 0 Å². The zero-order chi connectivity index (χ0) is 18.8. The lowest BCUT2D eigenvalue weighted by Gasteiger charge is -2.15. The number of carbonyl (C=O) groups excluding carboxylic acids is 1. The highest BCUT2D eigenvalue weighted by Gasteiger charge is 2.18. The van der Waals surface area contributed by atoms with Crippen molar-refractivity contribution >= 4 is 28.9 Å². The summed E-state index contributed by atoms with van der Waals surface area (Å²) in [4.78, 5) is 17.1. The minimum Gasteiger partial charge on any atom is -0.495 e. The predicted octanol–water partition coefficient (Wildman–Crippen LogP) is 1.78. The van der Waals surface area contributed by atoms with Gasteiger partial charge in [0, 0.05) is 19.7 Å². The van der Waals surface area contributed by atoms with E-state index in [2.05, 4.69) is 26.0 Å². The first-order valence-corrected chi connectivity index (χ1v) is 8.56. The van der Waals surface area contributed by atoms with Gasteiger partial charge in [0.1, 0.15) is 22.9 Å². The summed E-state index contributed by atoms with van der Waals surface area (Å²) in [6, 6.07) is 7.61. The van der Waals surface area contributed by atoms with E-state index in [4.69, 9.17) is 9.47 Å². The third-order valence-electron chi connectivity index (χ3n) is 4.30. The molecular weight excluding hydrogens is 348 g/mol. The number of anilines is 3. The van der Waals surface area contributed by atoms with Crippen LogP contribution in [0.2, 0.25) is 0 Å². The Labute approximate surface area is 155 Å². The van der Waals surface area contributed by atoms with E-state index in [0.717, 1.165) is 11.3 Å². The van der Waals surface area contributed by atoms with E-state index in [1.165, 1.54) is 6.20 Å². The van der Waals surface area contributed by atoms with Crippen molar-refractivity contribution < 1.29 is 14.3 Å². The molecule has 0 saturated heterocycles. The topological polar surface area (TPSA) is 102 Å². The zero-order valence-corrected chi connectivity index (χ0v) is 15.1. The normalized spacial score (nSPS) is 14.4. The van der Waals surface area contributed by atoms with Crippen LogP contribution in [0.15, 0.2) is 30.5 Å². The lowest BCUT2D eigenvalue weighted by atomic mass is 10.2. The molecule has 0 atom stereocenters. The summed E-state index contributed by atoms with van der Waals surface area (Å²) in [5.41, 5.74) is 2.60. The number of nitrogens with one attached hydrogen (secondary N) is 3. The number of hydrogen-bond donors (Lipinski definition) is 3. The Hall–Kier alpha value is -3.33. The van der Waals surface area contributed by atoms with Crippen molar-refractivity contribution in [2.24, 2.45) is 0 Å². The second-order valence-electron chi connectivity index (χ2n) is 6.04. The minimum atomic E-state index is -0.242. The number of rotatable bonds is 2. The van der Waals surface area contributed by atoms with Gasteiger partial charge >= 0.3 is 0 Å². The van der Waals surface area contributed by atoms with Gasteiger partial charge in [-0.05, 0) is 17.7 Å². The summed E-state index contributed by atoms with van der Waals surface area (Å²) in [6.07, 6.45) is 1.51. The number of benzene rings is 1. The highest BCUT2D eigenvalue weighted by atomic mass is 16.5. The van der Waals surface area contributed by atoms with Crippen molar-refractivity contribution in [3.63, 3.8) is 0 Å². The summed E-state index contributed by atoms with van der Waals surface area (Å²) < 4.78 is 12.7. The van der Waals surface area contributed by atoms with Crippen molar-refractivity contribution in [2.75, 3.05) is 37.9 Å². The van der Waals surface area contributed by atoms with Crippen LogP contribution in [0.25, 0.3) is 5.65 Å². The molecule has 9 heteroatoms. The monoisotopic (exact) mass is 368 g/mol. The fourth-order valence-corrected chi connectivity index (χ4v) is 2.97. The Morgan fingerprint density at radius 2 is 2.22 bits per heavy atom. The van der Waals surface area contributed by atoms with Crippen LogP contribution in [-0.4, -0.2) is 47.8 Å². The largest absolute Gasteiger partial charge is 0.495 e. The number of amides is 1. The molecule has 0 aliphatic carbocycles. The van der Waals surface area contributed by atoms with Gasteiger partial charge < -0.3 is 25.4 Å². The molecule has 0 radical (unpaired) electrons. The van der Waals surface area contributed by atoms with Crippen LogP contribution in [0, 0.1) is 0 Å². The molecule has 3 N–H and O–H groups in total. The van der Waals surface area contributed by atoms with E-state index >= 15 is 0 Å². The Kier molecular flexibility index (Phi) is 4.51. The molecule has 27 heavy (non-hydrogen) atoms. The Balaban J connectivity index is 1.87. The van der Waals surface area contributed by atoms with E-state index in [-0.39, 0.29) is 5.91 Å². The summed E-state index contributed by atoms with van der Waals surface area (Å²) in [6.45, 7) is 1.23. The maximum atomic E-state index is 12.5. The van der Waals surface area contributed by atoms with Gasteiger partial charge in [-0.1, -0.05) is 6.07 Å². The van der Waals surface area contributed by atoms with Crippen LogP contribution >= 0.6 is 0 Å². The molecule has 1 aliphatic heterocycles. The van der Waals surface area contributed by atoms with Gasteiger partial charge in [-0.3, -0.25) is 4.79 Å². The van der Waals surface area contributed by atoms with Gasteiger partial charge in [0.25, 0.3) is 5.91 Å². The highest BCUT2D eigenvalue weighted by Crippen LogP contribution is 2.30. The summed E-state index contributed by atoms with van der Waals surface area (Å²) in [7, 11) is 3.40. The highest BCUT2D eigenvalue weighted by molar-refractivity contribution is 6.00. The molecule has 0 fully saturated rings. The summed E-state index contributed by atoms with van der Waals surface area (Å²) >= 11 is 0. The van der Waals surface area contributed by atoms with Crippen LogP contribution in [-0.2, 0) is 11.3 Å². The molecule has 140 valence electrons. The van der Waals surface area contributed by atoms with Crippen LogP contribution in [0.5, 0.6) is 5.75 Å². The second-order valence-corrected chi connectivity index (χ2v) is 6.04. The van der Waals surface area contributed by atoms with Gasteiger partial charge in [0.15, 0.2) is 5.65 Å². The van der Waals surface area contributed by atoms with Gasteiger partial charge in [0.2, 0.25) is 0 Å². The van der Waals surface area contributed by atoms with E-state index in [1.807, 2.05) is 24.3 Å². The SMILES string of the molecule is CNc1cc2nc3c(cnn13)C(=O)NCCOCc1ccc(OC)c(c1)N2. The molecule has 4 bridgehead atoms. The molecule has 1 aromatic carbocycles. The number of aromatic nitrogens is 3. The van der Waals surface area contributed by atoms with Crippen molar-refractivity contribution in [1.82, 2.24) is 19.9 Å². The molecule has 9 nitrogen and oxygen atoms in total. The first-order chi connectivity index (χ1) is 13.2. The number of hydrogen-bond acceptors (Lipinski definition) is 7. The molecule has 0 spiro atoms. The first-order valence-electron chi connectivity index (χ1n) is 8.56. The molecule has 1 amide bonds. The fraction of sp³-hybridized carbons (Fsp3) is 0.278. The number of ether oxygens (including phenoxy) is 2. The van der Waals surface area contributed by atoms with E-state index in [1.54, 1.807) is 18.7 Å². The van der Waals surface area contributed by atoms with Gasteiger partial charge in [-0.2, -0.15) is 9.61 Å². The van der Waals surface area contributed by atoms with Crippen LogP contribution in [0.4, 0.5) is 17.3 Å². The smallest absolute Gasteiger partial charge is 0.256 e. The standard InChI is InChI=1S/C18H20N6O3/c1-19-16-8-15-22-13-7-11(3-4-14(13)26-2)10-27-6-5-20-18(25)12-9-21-24(16)17(12)23-15/h3-4,7-9,19H,5-6,10H2,1-2H3,(H,20,25)(H,22,23). The van der Waals surface area contributed by atoms with E-state index < -0.39 is 0 Å². The molecule has 0 unspecified atom stereocenters. The third-order valence-corrected chi connectivity index (χ3v) is 4.30. The van der Waals surface area contributed by atoms with Crippen molar-refractivity contribution in [2.45, 2.75) is 6.61 Å². The molecule has 4 rings (SSSR count). The van der Waals surface area contributed by atoms with Crippen LogP contribution in [0.3, 0.4) is 0 Å². The lowest BCUT2D eigenvalue weighted by molar-refractivity contribution is 0.0902. The summed E-state index contributed by atoms with van der Waals surface area (Å²) in [5.74, 6) is 1.71. The van der Waals surface area contributed by atoms with E-state index in [0.29, 0.717) is 48.4 Å². The van der Waals surface area contributed by atoms with Crippen molar-refractivity contribution in [3.05, 3.63) is 41.6 Å². The minimum absolute atomic E-state index is 0.242. The number of nitrogens with zero attached hydrogens (tertiary/aromatic N) is 3. The first kappa shape index (κ1) is 17.1. The molecular formula is C18H20N6O3. The second kappa shape index (κ2) is 7.12. The van der Waals surface area contributed by atoms with Crippen molar-refractivity contribution in [3.8, 4) is 5.75 Å². The number of fused-ring (bicyclic) bond motifs is 3. The lowest BCUT2D eigenvalue weighted by Crippen LogP contribution is -2.27. The zero-order valence-electron chi connectivity index (χ0n) is 15.1. The third kappa shape index (κ3) is 3.24. The molecule has 2 aromatic heterocycles. The predicted molar refractivity (Wildman–Crippen MR) is 101 cm³/mol. The van der Waals surface area contributed by atoms with Gasteiger partial charge in [0.05, 0.1) is 32.2 Å². The average Bonchev–Trinajstić information content (AvgIpc) is 3.10. The average molecular weight is 368 g/mol. The van der Waals surface area contributed by atoms with Gasteiger partial charge in [-0.25, -0.2) is 4.98 Å². The molecule has 0 saturated carbocycles. The maximum absolute atomic E-state index is 12.5. The molecule has 3 heterocycles. The maximum Gasteiger partial charge on any atom is 0.256 e. The number of methoxy groups -OCH3 is 1. The Morgan fingerprint density at radius 1 is 1.33 bits per heavy atom. The molecule has 1 aliphatic rings. The van der Waals surface area contributed by atoms with Crippen molar-refractivity contribution in [1.29, 1.82) is 0 Å². The fourth-order valence-electron chi connectivity index (χ4n) is 2.97. The quantitative estimate of drug-likeness (QED) is 0.634. The van der Waals surface area contributed by atoms with E-state index in [9.17, 15) is 4.79 Å². The van der Waals surface area contributed by atoms with Crippen LogP contribution < -0.4 is 20.7 Å². The Morgan fingerprint density at radius 3 is 3.04 bits per heavy atom. The Bertz CT molecular complexity index is 1000.